The zero-order valence-corrected chi connectivity index (χ0v) is 18.5. The third-order valence-corrected chi connectivity index (χ3v) is 6.11. The Morgan fingerprint density at radius 2 is 1.43 bits per heavy atom. The van der Waals surface area contributed by atoms with Crippen LogP contribution in [0.4, 0.5) is 0 Å². The van der Waals surface area contributed by atoms with Crippen LogP contribution in [0.3, 0.4) is 0 Å². The Bertz CT molecular complexity index is 1230. The third-order valence-electron chi connectivity index (χ3n) is 4.32. The molecule has 152 valence electrons. The highest BCUT2D eigenvalue weighted by Crippen LogP contribution is 2.37. The van der Waals surface area contributed by atoms with E-state index in [4.69, 9.17) is 27.4 Å². The quantitative estimate of drug-likeness (QED) is 0.251. The molecule has 0 atom stereocenters. The van der Waals surface area contributed by atoms with Crippen LogP contribution in [0.15, 0.2) is 65.6 Å². The van der Waals surface area contributed by atoms with Crippen molar-refractivity contribution in [2.75, 3.05) is 0 Å². The van der Waals surface area contributed by atoms with Gasteiger partial charge in [0, 0.05) is 0 Å². The molecule has 0 fully saturated rings. The Kier molecular flexibility index (Phi) is 6.52. The molecule has 0 spiro atoms. The first-order valence-electron chi connectivity index (χ1n) is 8.88. The molecule has 0 amide bonds. The number of nitrogens with zero attached hydrogens (tertiary/aromatic N) is 1. The molecule has 0 unspecified atom stereocenters. The maximum absolute atomic E-state index is 12.5. The van der Waals surface area contributed by atoms with E-state index in [0.717, 1.165) is 16.7 Å². The number of hydrogen-bond acceptors (Lipinski definition) is 4. The van der Waals surface area contributed by atoms with Gasteiger partial charge in [-0.15, -0.1) is 0 Å². The predicted octanol–water partition coefficient (Wildman–Crippen LogP) is 6.44. The van der Waals surface area contributed by atoms with Crippen molar-refractivity contribution < 1.29 is 12.6 Å². The summed E-state index contributed by atoms with van der Waals surface area (Å²) in [6.45, 7) is 3.81. The van der Waals surface area contributed by atoms with Gasteiger partial charge in [-0.1, -0.05) is 70.7 Å². The van der Waals surface area contributed by atoms with Gasteiger partial charge in [0.05, 0.1) is 21.7 Å². The SMILES string of the molecule is Cc1ccc(/C(C#N)=C/c2cc(Cl)c(OS(=O)(=O)c3ccc(C)cc3)c(Cl)c2)cc1. The first-order chi connectivity index (χ1) is 14.2. The molecule has 0 aliphatic heterocycles. The summed E-state index contributed by atoms with van der Waals surface area (Å²) < 4.78 is 30.3. The van der Waals surface area contributed by atoms with Crippen LogP contribution in [-0.4, -0.2) is 8.42 Å². The van der Waals surface area contributed by atoms with Gasteiger partial charge in [-0.2, -0.15) is 13.7 Å². The molecule has 4 nitrogen and oxygen atoms in total. The van der Waals surface area contributed by atoms with Gasteiger partial charge in [-0.05, 0) is 55.3 Å². The molecule has 0 aromatic heterocycles. The van der Waals surface area contributed by atoms with Crippen molar-refractivity contribution in [3.05, 3.63) is 93.0 Å². The molecule has 0 aliphatic rings. The van der Waals surface area contributed by atoms with E-state index in [9.17, 15) is 13.7 Å². The molecule has 0 bridgehead atoms. The van der Waals surface area contributed by atoms with Gasteiger partial charge in [0.15, 0.2) is 5.75 Å². The molecule has 0 N–H and O–H groups in total. The Morgan fingerprint density at radius 1 is 0.933 bits per heavy atom. The molecule has 3 rings (SSSR count). The molecule has 0 saturated heterocycles. The van der Waals surface area contributed by atoms with Gasteiger partial charge >= 0.3 is 10.1 Å². The smallest absolute Gasteiger partial charge is 0.339 e. The van der Waals surface area contributed by atoms with Crippen molar-refractivity contribution in [1.29, 1.82) is 5.26 Å². The van der Waals surface area contributed by atoms with Crippen molar-refractivity contribution in [3.63, 3.8) is 0 Å². The zero-order valence-electron chi connectivity index (χ0n) is 16.2. The molecule has 0 radical (unpaired) electrons. The second-order valence-corrected chi connectivity index (χ2v) is 9.06. The van der Waals surface area contributed by atoms with Gasteiger partial charge < -0.3 is 4.18 Å². The van der Waals surface area contributed by atoms with E-state index in [1.54, 1.807) is 18.2 Å². The largest absolute Gasteiger partial charge is 0.376 e. The average molecular weight is 458 g/mol. The maximum atomic E-state index is 12.5. The van der Waals surface area contributed by atoms with Gasteiger partial charge in [0.1, 0.15) is 4.90 Å². The summed E-state index contributed by atoms with van der Waals surface area (Å²) in [4.78, 5) is -0.00431. The van der Waals surface area contributed by atoms with Crippen molar-refractivity contribution in [2.24, 2.45) is 0 Å². The first-order valence-corrected chi connectivity index (χ1v) is 11.0. The topological polar surface area (TPSA) is 67.2 Å². The minimum absolute atomic E-state index is 0.00431. The number of hydrogen-bond donors (Lipinski definition) is 0. The molecule has 0 heterocycles. The normalized spacial score (nSPS) is 11.8. The minimum Gasteiger partial charge on any atom is -0.376 e. The molecular weight excluding hydrogens is 441 g/mol. The number of rotatable bonds is 5. The van der Waals surface area contributed by atoms with Crippen LogP contribution < -0.4 is 4.18 Å². The number of halogens is 2. The highest BCUT2D eigenvalue weighted by molar-refractivity contribution is 7.87. The molecule has 7 heteroatoms. The number of nitriles is 1. The van der Waals surface area contributed by atoms with Crippen molar-refractivity contribution >= 4 is 45.0 Å². The van der Waals surface area contributed by atoms with E-state index in [1.165, 1.54) is 24.3 Å². The van der Waals surface area contributed by atoms with Crippen LogP contribution in [0, 0.1) is 25.2 Å². The van der Waals surface area contributed by atoms with Crippen molar-refractivity contribution in [3.8, 4) is 11.8 Å². The molecule has 0 aliphatic carbocycles. The zero-order chi connectivity index (χ0) is 21.9. The average Bonchev–Trinajstić information content (AvgIpc) is 2.70. The minimum atomic E-state index is -4.10. The second kappa shape index (κ2) is 8.93. The van der Waals surface area contributed by atoms with E-state index < -0.39 is 10.1 Å². The molecule has 30 heavy (non-hydrogen) atoms. The summed E-state index contributed by atoms with van der Waals surface area (Å²) in [7, 11) is -4.10. The lowest BCUT2D eigenvalue weighted by Crippen LogP contribution is -2.10. The Hall–Kier alpha value is -2.78. The summed E-state index contributed by atoms with van der Waals surface area (Å²) >= 11 is 12.5. The van der Waals surface area contributed by atoms with E-state index in [1.807, 2.05) is 38.1 Å². The first kappa shape index (κ1) is 21.9. The second-order valence-electron chi connectivity index (χ2n) is 6.70. The van der Waals surface area contributed by atoms with Crippen molar-refractivity contribution in [1.82, 2.24) is 0 Å². The van der Waals surface area contributed by atoms with Crippen LogP contribution in [-0.2, 0) is 10.1 Å². The summed E-state index contributed by atoms with van der Waals surface area (Å²) in [5.74, 6) is -0.162. The van der Waals surface area contributed by atoms with E-state index in [2.05, 4.69) is 6.07 Å². The lowest BCUT2D eigenvalue weighted by molar-refractivity contribution is 0.486. The number of benzene rings is 3. The van der Waals surface area contributed by atoms with Crippen LogP contribution in [0.25, 0.3) is 11.6 Å². The Morgan fingerprint density at radius 3 is 1.93 bits per heavy atom. The summed E-state index contributed by atoms with van der Waals surface area (Å²) in [5, 5.41) is 9.55. The van der Waals surface area contributed by atoms with Crippen LogP contribution in [0.1, 0.15) is 22.3 Å². The van der Waals surface area contributed by atoms with Crippen LogP contribution in [0.2, 0.25) is 10.0 Å². The maximum Gasteiger partial charge on any atom is 0.339 e. The van der Waals surface area contributed by atoms with Gasteiger partial charge in [0.25, 0.3) is 0 Å². The predicted molar refractivity (Wildman–Crippen MR) is 120 cm³/mol. The van der Waals surface area contributed by atoms with Gasteiger partial charge in [-0.25, -0.2) is 0 Å². The summed E-state index contributed by atoms with van der Waals surface area (Å²) in [6.07, 6.45) is 1.63. The third kappa shape index (κ3) is 5.03. The molecule has 0 saturated carbocycles. The van der Waals surface area contributed by atoms with Crippen LogP contribution in [0.5, 0.6) is 5.75 Å². The molecule has 3 aromatic carbocycles. The van der Waals surface area contributed by atoms with E-state index >= 15 is 0 Å². The summed E-state index contributed by atoms with van der Waals surface area (Å²) in [5.41, 5.74) is 3.71. The summed E-state index contributed by atoms with van der Waals surface area (Å²) in [6, 6.07) is 18.9. The van der Waals surface area contributed by atoms with E-state index in [-0.39, 0.29) is 20.7 Å². The lowest BCUT2D eigenvalue weighted by Gasteiger charge is -2.11. The van der Waals surface area contributed by atoms with Crippen LogP contribution >= 0.6 is 23.2 Å². The van der Waals surface area contributed by atoms with Gasteiger partial charge in [-0.3, -0.25) is 0 Å². The lowest BCUT2D eigenvalue weighted by atomic mass is 10.0. The fourth-order valence-electron chi connectivity index (χ4n) is 2.69. The van der Waals surface area contributed by atoms with Gasteiger partial charge in [0.2, 0.25) is 0 Å². The highest BCUT2D eigenvalue weighted by Gasteiger charge is 2.21. The number of aryl methyl sites for hydroxylation is 2. The Balaban J connectivity index is 1.94. The fourth-order valence-corrected chi connectivity index (χ4v) is 4.32. The van der Waals surface area contributed by atoms with E-state index in [0.29, 0.717) is 11.1 Å². The van der Waals surface area contributed by atoms with Crippen molar-refractivity contribution in [2.45, 2.75) is 18.7 Å². The molecule has 3 aromatic rings. The Labute approximate surface area is 186 Å². The standard InChI is InChI=1S/C23H17Cl2NO3S/c1-15-3-7-18(8-4-15)19(14-26)11-17-12-21(24)23(22(25)13-17)29-30(27,28)20-9-5-16(2)6-10-20/h3-13H,1-2H3/b19-11+. The fraction of sp³-hybridized carbons (Fsp3) is 0.0870. The number of allylic oxidation sites excluding steroid dienone is 1. The molecular formula is C23H17Cl2NO3S. The monoisotopic (exact) mass is 457 g/mol. The highest BCUT2D eigenvalue weighted by atomic mass is 35.5.